The predicted octanol–water partition coefficient (Wildman–Crippen LogP) is 2.95. The van der Waals surface area contributed by atoms with Crippen LogP contribution in [0.25, 0.3) is 0 Å². The van der Waals surface area contributed by atoms with Crippen LogP contribution in [-0.4, -0.2) is 0 Å². The lowest BCUT2D eigenvalue weighted by molar-refractivity contribution is 1.45. The van der Waals surface area contributed by atoms with Crippen molar-refractivity contribution in [2.75, 3.05) is 0 Å². The van der Waals surface area contributed by atoms with Crippen molar-refractivity contribution in [2.24, 2.45) is 4.74 Å². The van der Waals surface area contributed by atoms with E-state index in [1.54, 1.807) is 0 Å². The molecule has 2 heteroatoms. The Bertz CT molecular complexity index is 203. The third-order valence-electron chi connectivity index (χ3n) is 1.16. The number of hydrogen-bond acceptors (Lipinski definition) is 1. The largest absolute Gasteiger partial charge is 0.236 e. The molecule has 1 nitrogen and oxygen atoms in total. The first-order chi connectivity index (χ1) is 4.33. The molecule has 0 saturated carbocycles. The van der Waals surface area contributed by atoms with Crippen LogP contribution in [0.4, 0.5) is 5.69 Å². The van der Waals surface area contributed by atoms with Crippen molar-refractivity contribution in [1.82, 2.24) is 0 Å². The average molecular weight is 137 g/mol. The second-order valence-corrected chi connectivity index (χ2v) is 2.17. The van der Waals surface area contributed by atoms with E-state index in [1.807, 2.05) is 24.3 Å². The highest BCUT2D eigenvalue weighted by Gasteiger charge is 1.83. The molecule has 0 heterocycles. The van der Waals surface area contributed by atoms with Crippen LogP contribution in [0.2, 0.25) is 0 Å². The van der Waals surface area contributed by atoms with Crippen LogP contribution in [-0.2, 0) is 0 Å². The molecule has 46 valence electrons. The molecule has 1 aromatic rings. The minimum absolute atomic E-state index is 0.956. The summed E-state index contributed by atoms with van der Waals surface area (Å²) in [5, 5.41) is 0. The normalized spacial score (nSPS) is 9.00. The van der Waals surface area contributed by atoms with E-state index in [4.69, 9.17) is 0 Å². The molecular formula is C7H8NP. The Morgan fingerprint density at radius 2 is 1.78 bits per heavy atom. The van der Waals surface area contributed by atoms with Crippen LogP contribution < -0.4 is 0 Å². The Hall–Kier alpha value is -0.680. The highest BCUT2D eigenvalue weighted by atomic mass is 31.0. The van der Waals surface area contributed by atoms with E-state index >= 15 is 0 Å². The van der Waals surface area contributed by atoms with Crippen LogP contribution in [0.3, 0.4) is 0 Å². The Kier molecular flexibility index (Phi) is 1.96. The van der Waals surface area contributed by atoms with Crippen LogP contribution in [0.1, 0.15) is 5.56 Å². The number of benzene rings is 1. The molecule has 0 amide bonds. The van der Waals surface area contributed by atoms with Gasteiger partial charge in [-0.1, -0.05) is 17.7 Å². The second-order valence-electron chi connectivity index (χ2n) is 1.95. The summed E-state index contributed by atoms with van der Waals surface area (Å²) in [4.78, 5) is 0. The smallest absolute Gasteiger partial charge is 0.0672 e. The fourth-order valence-electron chi connectivity index (χ4n) is 0.619. The minimum Gasteiger partial charge on any atom is -0.236 e. The van der Waals surface area contributed by atoms with Crippen LogP contribution in [0, 0.1) is 6.92 Å². The van der Waals surface area contributed by atoms with Gasteiger partial charge in [-0.05, 0) is 28.1 Å². The maximum absolute atomic E-state index is 3.82. The first-order valence-corrected chi connectivity index (χ1v) is 3.22. The zero-order chi connectivity index (χ0) is 6.69. The van der Waals surface area contributed by atoms with Crippen molar-refractivity contribution < 1.29 is 0 Å². The first kappa shape index (κ1) is 6.44. The molecule has 0 atom stereocenters. The van der Waals surface area contributed by atoms with Gasteiger partial charge in [0.1, 0.15) is 0 Å². The fourth-order valence-corrected chi connectivity index (χ4v) is 0.768. The first-order valence-electron chi connectivity index (χ1n) is 2.77. The van der Waals surface area contributed by atoms with E-state index in [0.717, 1.165) is 5.69 Å². The summed E-state index contributed by atoms with van der Waals surface area (Å²) in [6.07, 6.45) is 0. The molecule has 0 saturated heterocycles. The van der Waals surface area contributed by atoms with Gasteiger partial charge in [0.25, 0.3) is 0 Å². The van der Waals surface area contributed by atoms with Gasteiger partial charge in [-0.15, -0.1) is 0 Å². The summed E-state index contributed by atoms with van der Waals surface area (Å²) < 4.78 is 3.82. The van der Waals surface area contributed by atoms with Crippen LogP contribution in [0.15, 0.2) is 29.0 Å². The zero-order valence-corrected chi connectivity index (χ0v) is 6.26. The molecule has 1 rings (SSSR count). The zero-order valence-electron chi connectivity index (χ0n) is 5.26. The highest BCUT2D eigenvalue weighted by molar-refractivity contribution is 7.04. The monoisotopic (exact) mass is 137 g/mol. The quantitative estimate of drug-likeness (QED) is 0.527. The van der Waals surface area contributed by atoms with Crippen LogP contribution >= 0.6 is 9.03 Å². The lowest BCUT2D eigenvalue weighted by Gasteiger charge is -1.90. The van der Waals surface area contributed by atoms with Crippen molar-refractivity contribution in [3.8, 4) is 0 Å². The summed E-state index contributed by atoms with van der Waals surface area (Å²) in [6, 6.07) is 7.97. The molecule has 0 radical (unpaired) electrons. The van der Waals surface area contributed by atoms with E-state index in [2.05, 4.69) is 20.7 Å². The van der Waals surface area contributed by atoms with Gasteiger partial charge < -0.3 is 0 Å². The number of rotatable bonds is 1. The molecule has 0 spiro atoms. The van der Waals surface area contributed by atoms with E-state index in [1.165, 1.54) is 5.56 Å². The van der Waals surface area contributed by atoms with E-state index in [0.29, 0.717) is 0 Å². The highest BCUT2D eigenvalue weighted by Crippen LogP contribution is 2.12. The fraction of sp³-hybridized carbons (Fsp3) is 0.143. The third-order valence-corrected chi connectivity index (χ3v) is 1.42. The van der Waals surface area contributed by atoms with Gasteiger partial charge in [0.05, 0.1) is 5.69 Å². The Morgan fingerprint density at radius 1 is 1.22 bits per heavy atom. The molecule has 0 aliphatic rings. The molecule has 0 aliphatic heterocycles. The van der Waals surface area contributed by atoms with Gasteiger partial charge in [-0.3, -0.25) is 0 Å². The maximum atomic E-state index is 3.82. The summed E-state index contributed by atoms with van der Waals surface area (Å²) in [5.41, 5.74) is 2.21. The standard InChI is InChI=1S/C7H8NP/c1-6-2-4-7(8-9)5-3-6/h2-5,9H,1H3. The van der Waals surface area contributed by atoms with Crippen molar-refractivity contribution in [1.29, 1.82) is 0 Å². The molecule has 0 aromatic heterocycles. The van der Waals surface area contributed by atoms with Crippen molar-refractivity contribution in [3.63, 3.8) is 0 Å². The summed E-state index contributed by atoms with van der Waals surface area (Å²) in [6.45, 7) is 2.05. The van der Waals surface area contributed by atoms with Crippen molar-refractivity contribution in [2.45, 2.75) is 6.92 Å². The Morgan fingerprint density at radius 3 is 2.22 bits per heavy atom. The van der Waals surface area contributed by atoms with Gasteiger partial charge in [0, 0.05) is 0 Å². The molecule has 0 aliphatic carbocycles. The SMILES string of the molecule is Cc1ccc(N=P)cc1. The van der Waals surface area contributed by atoms with Crippen molar-refractivity contribution >= 4 is 14.7 Å². The van der Waals surface area contributed by atoms with E-state index < -0.39 is 0 Å². The lowest BCUT2D eigenvalue weighted by atomic mass is 10.2. The van der Waals surface area contributed by atoms with Crippen molar-refractivity contribution in [3.05, 3.63) is 29.8 Å². The molecule has 0 bridgehead atoms. The second kappa shape index (κ2) is 2.75. The lowest BCUT2D eigenvalue weighted by Crippen LogP contribution is -1.65. The molecule has 0 unspecified atom stereocenters. The average Bonchev–Trinajstić information content (AvgIpc) is 1.90. The van der Waals surface area contributed by atoms with Gasteiger partial charge in [0.2, 0.25) is 0 Å². The van der Waals surface area contributed by atoms with Gasteiger partial charge in [0.15, 0.2) is 0 Å². The van der Waals surface area contributed by atoms with E-state index in [9.17, 15) is 0 Å². The summed E-state index contributed by atoms with van der Waals surface area (Å²) in [7, 11) is 3.05. The van der Waals surface area contributed by atoms with Crippen LogP contribution in [0.5, 0.6) is 0 Å². The number of aryl methyl sites for hydroxylation is 1. The molecule has 0 N–H and O–H groups in total. The van der Waals surface area contributed by atoms with Gasteiger partial charge in [-0.2, -0.15) is 0 Å². The molecule has 0 fully saturated rings. The Balaban J connectivity index is 3.01. The predicted molar refractivity (Wildman–Crippen MR) is 41.6 cm³/mol. The van der Waals surface area contributed by atoms with Gasteiger partial charge >= 0.3 is 0 Å². The maximum Gasteiger partial charge on any atom is 0.0672 e. The minimum atomic E-state index is 0.956. The topological polar surface area (TPSA) is 12.4 Å². The molecule has 1 aromatic carbocycles. The molecule has 9 heavy (non-hydrogen) atoms. The Labute approximate surface area is 57.0 Å². The number of hydrogen-bond donors (Lipinski definition) is 0. The number of nitrogens with zero attached hydrogens (tertiary/aromatic N) is 1. The summed E-state index contributed by atoms with van der Waals surface area (Å²) in [5.74, 6) is 0. The van der Waals surface area contributed by atoms with E-state index in [-0.39, 0.29) is 0 Å². The molecular weight excluding hydrogens is 129 g/mol. The van der Waals surface area contributed by atoms with Gasteiger partial charge in [-0.25, -0.2) is 4.74 Å². The third kappa shape index (κ3) is 1.62. The summed E-state index contributed by atoms with van der Waals surface area (Å²) >= 11 is 0.